The number of anilines is 1. The molecule has 1 aromatic carbocycles. The molecule has 0 fully saturated rings. The predicted octanol–water partition coefficient (Wildman–Crippen LogP) is 6.63. The van der Waals surface area contributed by atoms with Crippen LogP contribution in [0.25, 0.3) is 0 Å². The first-order valence-electron chi connectivity index (χ1n) is 8.82. The second-order valence-corrected chi connectivity index (χ2v) is 7.94. The van der Waals surface area contributed by atoms with Crippen LogP contribution in [0.5, 0.6) is 0 Å². The highest BCUT2D eigenvalue weighted by Gasteiger charge is 2.12. The highest BCUT2D eigenvalue weighted by Crippen LogP contribution is 2.37. The van der Waals surface area contributed by atoms with E-state index in [0.717, 1.165) is 13.1 Å². The molecule has 1 aromatic rings. The van der Waals surface area contributed by atoms with Crippen LogP contribution in [0, 0.1) is 6.92 Å². The zero-order valence-corrected chi connectivity index (χ0v) is 16.7. The third-order valence-electron chi connectivity index (χ3n) is 3.88. The van der Waals surface area contributed by atoms with Crippen molar-refractivity contribution in [1.29, 1.82) is 0 Å². The number of nitrogens with zero attached hydrogens (tertiary/aromatic N) is 1. The van der Waals surface area contributed by atoms with E-state index in [1.165, 1.54) is 58.2 Å². The molecule has 0 saturated carbocycles. The second kappa shape index (κ2) is 11.3. The van der Waals surface area contributed by atoms with Crippen LogP contribution < -0.4 is 4.90 Å². The number of aryl methyl sites for hydroxylation is 1. The van der Waals surface area contributed by atoms with Crippen LogP contribution in [0.4, 0.5) is 5.69 Å². The molecule has 3 heteroatoms. The van der Waals surface area contributed by atoms with Crippen LogP contribution >= 0.6 is 23.5 Å². The van der Waals surface area contributed by atoms with Crippen LogP contribution in [0.15, 0.2) is 21.9 Å². The highest BCUT2D eigenvalue weighted by atomic mass is 32.2. The zero-order chi connectivity index (χ0) is 16.4. The van der Waals surface area contributed by atoms with Gasteiger partial charge < -0.3 is 4.90 Å². The minimum Gasteiger partial charge on any atom is -0.372 e. The molecule has 0 atom stereocenters. The minimum absolute atomic E-state index is 1.08. The van der Waals surface area contributed by atoms with Gasteiger partial charge in [-0.15, -0.1) is 23.5 Å². The summed E-state index contributed by atoms with van der Waals surface area (Å²) in [5.74, 6) is 2.47. The fourth-order valence-electron chi connectivity index (χ4n) is 2.43. The number of thioether (sulfide) groups is 2. The first kappa shape index (κ1) is 19.8. The number of hydrogen-bond acceptors (Lipinski definition) is 3. The summed E-state index contributed by atoms with van der Waals surface area (Å²) >= 11 is 4.08. The molecule has 0 N–H and O–H groups in total. The molecule has 0 heterocycles. The van der Waals surface area contributed by atoms with Gasteiger partial charge in [0.25, 0.3) is 0 Å². The Morgan fingerprint density at radius 1 is 0.818 bits per heavy atom. The summed E-state index contributed by atoms with van der Waals surface area (Å²) in [6.45, 7) is 13.5. The van der Waals surface area contributed by atoms with E-state index < -0.39 is 0 Å². The second-order valence-electron chi connectivity index (χ2n) is 5.66. The normalized spacial score (nSPS) is 11.0. The molecule has 1 rings (SSSR count). The van der Waals surface area contributed by atoms with Crippen LogP contribution in [0.1, 0.15) is 58.9 Å². The Morgan fingerprint density at radius 2 is 1.32 bits per heavy atom. The summed E-state index contributed by atoms with van der Waals surface area (Å²) in [5.41, 5.74) is 2.84. The lowest BCUT2D eigenvalue weighted by atomic mass is 10.2. The fraction of sp³-hybridized carbons (Fsp3) is 0.684. The van der Waals surface area contributed by atoms with E-state index in [4.69, 9.17) is 0 Å². The number of hydrogen-bond donors (Lipinski definition) is 0. The van der Waals surface area contributed by atoms with E-state index in [-0.39, 0.29) is 0 Å². The molecule has 0 spiro atoms. The van der Waals surface area contributed by atoms with E-state index in [2.05, 4.69) is 51.7 Å². The van der Waals surface area contributed by atoms with Crippen molar-refractivity contribution < 1.29 is 0 Å². The van der Waals surface area contributed by atoms with Crippen molar-refractivity contribution in [2.45, 2.75) is 70.1 Å². The molecule has 0 bridgehead atoms. The molecule has 22 heavy (non-hydrogen) atoms. The number of unbranched alkanes of at least 4 members (excludes halogenated alkanes) is 2. The van der Waals surface area contributed by atoms with Gasteiger partial charge in [-0.05, 0) is 62.8 Å². The average Bonchev–Trinajstić information content (AvgIpc) is 2.52. The maximum atomic E-state index is 2.47. The van der Waals surface area contributed by atoms with Gasteiger partial charge in [-0.2, -0.15) is 0 Å². The molecular weight excluding hydrogens is 306 g/mol. The lowest BCUT2D eigenvalue weighted by Gasteiger charge is -2.25. The summed E-state index contributed by atoms with van der Waals surface area (Å²) in [4.78, 5) is 5.45. The minimum atomic E-state index is 1.08. The van der Waals surface area contributed by atoms with Gasteiger partial charge in [-0.1, -0.05) is 26.7 Å². The third-order valence-corrected chi connectivity index (χ3v) is 6.29. The molecule has 0 unspecified atom stereocenters. The van der Waals surface area contributed by atoms with Crippen molar-refractivity contribution >= 4 is 29.2 Å². The number of rotatable bonds is 11. The van der Waals surface area contributed by atoms with Gasteiger partial charge in [0, 0.05) is 28.6 Å². The third kappa shape index (κ3) is 6.08. The standard InChI is InChI=1S/C19H33NS2/c1-6-10-12-21-18-14-16(5)17(20(8-3)9-4)15-19(18)22-13-11-7-2/h14-15H,6-13H2,1-5H3. The lowest BCUT2D eigenvalue weighted by Crippen LogP contribution is -2.22. The topological polar surface area (TPSA) is 3.24 Å². The summed E-state index contributed by atoms with van der Waals surface area (Å²) in [6.07, 6.45) is 5.17. The molecule has 0 radical (unpaired) electrons. The summed E-state index contributed by atoms with van der Waals surface area (Å²) in [5, 5.41) is 0. The van der Waals surface area contributed by atoms with E-state index >= 15 is 0 Å². The summed E-state index contributed by atoms with van der Waals surface area (Å²) in [6, 6.07) is 4.86. The van der Waals surface area contributed by atoms with Gasteiger partial charge in [0.05, 0.1) is 0 Å². The summed E-state index contributed by atoms with van der Waals surface area (Å²) < 4.78 is 0. The van der Waals surface area contributed by atoms with Gasteiger partial charge >= 0.3 is 0 Å². The average molecular weight is 340 g/mol. The van der Waals surface area contributed by atoms with Crippen LogP contribution in [0.2, 0.25) is 0 Å². The molecule has 0 saturated heterocycles. The SMILES string of the molecule is CCCCSc1cc(C)c(N(CC)CC)cc1SCCCC. The van der Waals surface area contributed by atoms with Crippen molar-refractivity contribution in [3.8, 4) is 0 Å². The van der Waals surface area contributed by atoms with E-state index in [0.29, 0.717) is 0 Å². The van der Waals surface area contributed by atoms with Gasteiger partial charge in [0.2, 0.25) is 0 Å². The first-order chi connectivity index (χ1) is 10.7. The Hall–Kier alpha value is -0.280. The Morgan fingerprint density at radius 3 is 1.77 bits per heavy atom. The quantitative estimate of drug-likeness (QED) is 0.329. The Balaban J connectivity index is 2.99. The zero-order valence-electron chi connectivity index (χ0n) is 15.1. The fourth-order valence-corrected chi connectivity index (χ4v) is 4.95. The Kier molecular flexibility index (Phi) is 10.1. The number of benzene rings is 1. The van der Waals surface area contributed by atoms with Crippen molar-refractivity contribution in [1.82, 2.24) is 0 Å². The molecule has 1 nitrogen and oxygen atoms in total. The summed E-state index contributed by atoms with van der Waals surface area (Å²) in [7, 11) is 0. The maximum absolute atomic E-state index is 2.47. The van der Waals surface area contributed by atoms with Gasteiger partial charge in [0.15, 0.2) is 0 Å². The molecular formula is C19H33NS2. The first-order valence-corrected chi connectivity index (χ1v) is 10.8. The molecule has 0 aliphatic rings. The van der Waals surface area contributed by atoms with Crippen molar-refractivity contribution in [2.24, 2.45) is 0 Å². The van der Waals surface area contributed by atoms with Gasteiger partial charge in [0.1, 0.15) is 0 Å². The predicted molar refractivity (Wildman–Crippen MR) is 106 cm³/mol. The van der Waals surface area contributed by atoms with E-state index in [9.17, 15) is 0 Å². The Labute approximate surface area is 146 Å². The smallest absolute Gasteiger partial charge is 0.0407 e. The van der Waals surface area contributed by atoms with Crippen LogP contribution in [-0.4, -0.2) is 24.6 Å². The largest absolute Gasteiger partial charge is 0.372 e. The van der Waals surface area contributed by atoms with Crippen molar-refractivity contribution in [2.75, 3.05) is 29.5 Å². The van der Waals surface area contributed by atoms with E-state index in [1.807, 2.05) is 23.5 Å². The monoisotopic (exact) mass is 339 g/mol. The van der Waals surface area contributed by atoms with Crippen molar-refractivity contribution in [3.05, 3.63) is 17.7 Å². The van der Waals surface area contributed by atoms with E-state index in [1.54, 1.807) is 0 Å². The van der Waals surface area contributed by atoms with Gasteiger partial charge in [-0.3, -0.25) is 0 Å². The van der Waals surface area contributed by atoms with Crippen molar-refractivity contribution in [3.63, 3.8) is 0 Å². The van der Waals surface area contributed by atoms with Crippen LogP contribution in [-0.2, 0) is 0 Å². The molecule has 0 aromatic heterocycles. The molecule has 0 amide bonds. The molecule has 0 aliphatic carbocycles. The lowest BCUT2D eigenvalue weighted by molar-refractivity contribution is 0.856. The Bertz CT molecular complexity index is 428. The molecule has 0 aliphatic heterocycles. The maximum Gasteiger partial charge on any atom is 0.0407 e. The van der Waals surface area contributed by atoms with Gasteiger partial charge in [-0.25, -0.2) is 0 Å². The highest BCUT2D eigenvalue weighted by molar-refractivity contribution is 8.02. The van der Waals surface area contributed by atoms with Crippen LogP contribution in [0.3, 0.4) is 0 Å². The molecule has 126 valence electrons.